The number of amides is 5. The Kier molecular flexibility index (Phi) is 5.99. The molecule has 1 fully saturated rings. The van der Waals surface area contributed by atoms with E-state index in [9.17, 15) is 19.2 Å². The lowest BCUT2D eigenvalue weighted by Gasteiger charge is -2.33. The number of carbonyl (C=O) groups excluding carboxylic acids is 4. The van der Waals surface area contributed by atoms with Gasteiger partial charge in [0.1, 0.15) is 11.3 Å². The summed E-state index contributed by atoms with van der Waals surface area (Å²) >= 11 is 0. The van der Waals surface area contributed by atoms with Crippen LogP contribution in [0.15, 0.2) is 90.5 Å². The van der Waals surface area contributed by atoms with Gasteiger partial charge in [-0.25, -0.2) is 14.6 Å². The Morgan fingerprint density at radius 2 is 1.24 bits per heavy atom. The molecule has 1 aliphatic heterocycles. The van der Waals surface area contributed by atoms with Crippen molar-refractivity contribution in [2.24, 2.45) is 5.73 Å². The molecule has 0 aliphatic carbocycles. The normalized spacial score (nSPS) is 13.8. The van der Waals surface area contributed by atoms with E-state index in [0.717, 1.165) is 9.80 Å². The predicted octanol–water partition coefficient (Wildman–Crippen LogP) is 3.13. The van der Waals surface area contributed by atoms with Crippen LogP contribution in [0.3, 0.4) is 0 Å². The van der Waals surface area contributed by atoms with Crippen LogP contribution < -0.4 is 20.3 Å². The monoisotopic (exact) mass is 441 g/mol. The Hall–Kier alpha value is -4.72. The number of urea groups is 1. The minimum absolute atomic E-state index is 0.173. The second kappa shape index (κ2) is 9.19. The molecule has 1 saturated heterocycles. The van der Waals surface area contributed by atoms with E-state index in [1.807, 2.05) is 0 Å². The summed E-state index contributed by atoms with van der Waals surface area (Å²) in [6.45, 7) is -0.266. The number of primary amides is 1. The Morgan fingerprint density at radius 1 is 0.758 bits per heavy atom. The van der Waals surface area contributed by atoms with E-state index in [1.165, 1.54) is 6.08 Å². The number of imide groups is 2. The first-order chi connectivity index (χ1) is 16.0. The zero-order valence-electron chi connectivity index (χ0n) is 17.4. The third kappa shape index (κ3) is 4.49. The Balaban J connectivity index is 1.74. The number of anilines is 2. The van der Waals surface area contributed by atoms with Gasteiger partial charge in [0.25, 0.3) is 17.7 Å². The van der Waals surface area contributed by atoms with Crippen LogP contribution in [-0.4, -0.2) is 30.4 Å². The fraction of sp³-hybridized carbons (Fsp3) is 0.0400. The summed E-state index contributed by atoms with van der Waals surface area (Å²) in [5, 5.41) is 0. The Bertz CT molecular complexity index is 1170. The van der Waals surface area contributed by atoms with E-state index in [1.54, 1.807) is 84.9 Å². The molecule has 1 aliphatic rings. The van der Waals surface area contributed by atoms with Gasteiger partial charge in [0.2, 0.25) is 0 Å². The maximum absolute atomic E-state index is 13.3. The Morgan fingerprint density at radius 3 is 1.70 bits per heavy atom. The van der Waals surface area contributed by atoms with Crippen molar-refractivity contribution in [3.8, 4) is 5.75 Å². The molecule has 2 N–H and O–H groups in total. The molecular formula is C25H19N3O5. The predicted molar refractivity (Wildman–Crippen MR) is 122 cm³/mol. The van der Waals surface area contributed by atoms with Gasteiger partial charge in [-0.2, -0.15) is 0 Å². The topological polar surface area (TPSA) is 110 Å². The summed E-state index contributed by atoms with van der Waals surface area (Å²) in [6, 6.07) is 22.5. The van der Waals surface area contributed by atoms with Crippen molar-refractivity contribution in [1.29, 1.82) is 0 Å². The average Bonchev–Trinajstić information content (AvgIpc) is 2.83. The minimum atomic E-state index is -0.755. The molecule has 0 atom stereocenters. The SMILES string of the molecule is NC(=O)COc1ccc(C=C2C(=O)N(c3ccccc3)C(=O)N(c3ccccc3)C2=O)cc1. The van der Waals surface area contributed by atoms with Gasteiger partial charge in [-0.05, 0) is 48.0 Å². The van der Waals surface area contributed by atoms with Crippen LogP contribution in [0.2, 0.25) is 0 Å². The largest absolute Gasteiger partial charge is 0.484 e. The summed E-state index contributed by atoms with van der Waals surface area (Å²) in [5.41, 5.74) is 6.13. The van der Waals surface area contributed by atoms with Crippen molar-refractivity contribution in [2.45, 2.75) is 0 Å². The van der Waals surface area contributed by atoms with Crippen LogP contribution in [-0.2, 0) is 14.4 Å². The van der Waals surface area contributed by atoms with Gasteiger partial charge in [0.05, 0.1) is 11.4 Å². The molecule has 0 unspecified atom stereocenters. The van der Waals surface area contributed by atoms with Gasteiger partial charge in [-0.1, -0.05) is 48.5 Å². The van der Waals surface area contributed by atoms with E-state index in [4.69, 9.17) is 10.5 Å². The van der Waals surface area contributed by atoms with Gasteiger partial charge >= 0.3 is 6.03 Å². The van der Waals surface area contributed by atoms with Crippen LogP contribution in [0.25, 0.3) is 6.08 Å². The number of nitrogens with two attached hydrogens (primary N) is 1. The minimum Gasteiger partial charge on any atom is -0.484 e. The lowest BCUT2D eigenvalue weighted by molar-refractivity contribution is -0.121. The smallest absolute Gasteiger partial charge is 0.343 e. The number of rotatable bonds is 6. The number of barbiturate groups is 1. The molecule has 0 spiro atoms. The maximum atomic E-state index is 13.3. The zero-order chi connectivity index (χ0) is 23.4. The summed E-state index contributed by atoms with van der Waals surface area (Å²) in [5.74, 6) is -1.65. The van der Waals surface area contributed by atoms with E-state index < -0.39 is 23.8 Å². The highest BCUT2D eigenvalue weighted by atomic mass is 16.5. The van der Waals surface area contributed by atoms with Crippen molar-refractivity contribution < 1.29 is 23.9 Å². The zero-order valence-corrected chi connectivity index (χ0v) is 17.4. The molecule has 8 nitrogen and oxygen atoms in total. The van der Waals surface area contributed by atoms with Gasteiger partial charge in [0, 0.05) is 0 Å². The molecule has 0 radical (unpaired) electrons. The second-order valence-corrected chi connectivity index (χ2v) is 7.12. The number of benzene rings is 3. The van der Waals surface area contributed by atoms with Crippen molar-refractivity contribution in [1.82, 2.24) is 0 Å². The van der Waals surface area contributed by atoms with Crippen molar-refractivity contribution in [2.75, 3.05) is 16.4 Å². The summed E-state index contributed by atoms with van der Waals surface area (Å²) in [7, 11) is 0. The lowest BCUT2D eigenvalue weighted by atomic mass is 10.0. The first-order valence-electron chi connectivity index (χ1n) is 10.0. The average molecular weight is 441 g/mol. The molecule has 1 heterocycles. The van der Waals surface area contributed by atoms with Crippen LogP contribution in [0.5, 0.6) is 5.75 Å². The number of para-hydroxylation sites is 2. The number of carbonyl (C=O) groups is 4. The van der Waals surface area contributed by atoms with Crippen LogP contribution in [0.1, 0.15) is 5.56 Å². The molecule has 33 heavy (non-hydrogen) atoms. The quantitative estimate of drug-likeness (QED) is 0.467. The third-order valence-corrected chi connectivity index (χ3v) is 4.85. The van der Waals surface area contributed by atoms with Crippen LogP contribution in [0, 0.1) is 0 Å². The summed E-state index contributed by atoms with van der Waals surface area (Å²) in [4.78, 5) is 52.6. The molecule has 164 valence electrons. The maximum Gasteiger partial charge on any atom is 0.343 e. The number of hydrogen-bond acceptors (Lipinski definition) is 5. The highest BCUT2D eigenvalue weighted by Crippen LogP contribution is 2.29. The van der Waals surface area contributed by atoms with Gasteiger partial charge < -0.3 is 10.5 Å². The highest BCUT2D eigenvalue weighted by molar-refractivity contribution is 6.46. The molecule has 8 heteroatoms. The number of ether oxygens (including phenoxy) is 1. The van der Waals surface area contributed by atoms with Crippen molar-refractivity contribution in [3.05, 3.63) is 96.1 Å². The first kappa shape index (κ1) is 21.5. The van der Waals surface area contributed by atoms with Gasteiger partial charge in [-0.3, -0.25) is 14.4 Å². The first-order valence-corrected chi connectivity index (χ1v) is 10.0. The van der Waals surface area contributed by atoms with Gasteiger partial charge in [-0.15, -0.1) is 0 Å². The summed E-state index contributed by atoms with van der Waals surface area (Å²) < 4.78 is 5.23. The molecular weight excluding hydrogens is 422 g/mol. The molecule has 4 rings (SSSR count). The fourth-order valence-corrected chi connectivity index (χ4v) is 3.32. The third-order valence-electron chi connectivity index (χ3n) is 4.85. The second-order valence-electron chi connectivity index (χ2n) is 7.12. The lowest BCUT2D eigenvalue weighted by Crippen LogP contribution is -2.57. The van der Waals surface area contributed by atoms with Gasteiger partial charge in [0.15, 0.2) is 6.61 Å². The Labute approximate surface area is 189 Å². The van der Waals surface area contributed by atoms with Crippen LogP contribution in [0.4, 0.5) is 16.2 Å². The molecule has 3 aromatic rings. The van der Waals surface area contributed by atoms with Crippen LogP contribution >= 0.6 is 0 Å². The molecule has 0 saturated carbocycles. The standard InChI is InChI=1S/C25H19N3O5/c26-22(29)16-33-20-13-11-17(12-14-20)15-21-23(30)27(18-7-3-1-4-8-18)25(32)28(24(21)31)19-9-5-2-6-10-19/h1-15H,16H2,(H2,26,29). The number of hydrogen-bond donors (Lipinski definition) is 1. The molecule has 3 aromatic carbocycles. The van der Waals surface area contributed by atoms with Crippen molar-refractivity contribution >= 4 is 41.2 Å². The van der Waals surface area contributed by atoms with E-state index in [-0.39, 0.29) is 12.2 Å². The summed E-state index contributed by atoms with van der Waals surface area (Å²) in [6.07, 6.45) is 1.42. The van der Waals surface area contributed by atoms with E-state index in [2.05, 4.69) is 0 Å². The van der Waals surface area contributed by atoms with E-state index in [0.29, 0.717) is 22.7 Å². The highest BCUT2D eigenvalue weighted by Gasteiger charge is 2.43. The molecule has 0 bridgehead atoms. The molecule has 0 aromatic heterocycles. The molecule has 5 amide bonds. The number of nitrogens with zero attached hydrogens (tertiary/aromatic N) is 2. The fourth-order valence-electron chi connectivity index (χ4n) is 3.32. The van der Waals surface area contributed by atoms with Crippen molar-refractivity contribution in [3.63, 3.8) is 0 Å². The van der Waals surface area contributed by atoms with E-state index >= 15 is 0 Å².